The summed E-state index contributed by atoms with van der Waals surface area (Å²) in [5, 5.41) is 6.85. The molecule has 1 saturated carbocycles. The number of hydrogen-bond acceptors (Lipinski definition) is 4. The number of benzene rings is 1. The maximum atomic E-state index is 4.49. The molecule has 2 N–H and O–H groups in total. The smallest absolute Gasteiger partial charge is 0.132 e. The van der Waals surface area contributed by atoms with Crippen molar-refractivity contribution in [1.29, 1.82) is 0 Å². The molecule has 110 valence electrons. The van der Waals surface area contributed by atoms with Crippen LogP contribution in [0.3, 0.4) is 0 Å². The van der Waals surface area contributed by atoms with Gasteiger partial charge in [0, 0.05) is 24.6 Å². The monoisotopic (exact) mass is 282 g/mol. The Morgan fingerprint density at radius 3 is 2.67 bits per heavy atom. The zero-order valence-corrected chi connectivity index (χ0v) is 12.6. The molecule has 2 unspecified atom stereocenters. The molecule has 4 nitrogen and oxygen atoms in total. The summed E-state index contributed by atoms with van der Waals surface area (Å²) < 4.78 is 0. The number of aryl methyl sites for hydroxylation is 1. The Kier molecular flexibility index (Phi) is 4.04. The van der Waals surface area contributed by atoms with Crippen molar-refractivity contribution in [3.8, 4) is 0 Å². The van der Waals surface area contributed by atoms with E-state index in [1.54, 1.807) is 0 Å². The third kappa shape index (κ3) is 3.51. The molecular weight excluding hydrogens is 260 g/mol. The van der Waals surface area contributed by atoms with Crippen molar-refractivity contribution in [2.75, 3.05) is 17.2 Å². The standard InChI is InChI=1S/C17H22N4/c1-3-9-18-16-11-17(20-12(2)19-16)21-15-10-14(15)13-7-5-4-6-8-13/h4-8,11,14-15H,3,9-10H2,1-2H3,(H2,18,19,20,21). The van der Waals surface area contributed by atoms with Gasteiger partial charge in [0.15, 0.2) is 0 Å². The summed E-state index contributed by atoms with van der Waals surface area (Å²) in [5.41, 5.74) is 1.41. The predicted molar refractivity (Wildman–Crippen MR) is 86.8 cm³/mol. The summed E-state index contributed by atoms with van der Waals surface area (Å²) >= 11 is 0. The Balaban J connectivity index is 1.65. The van der Waals surface area contributed by atoms with Crippen LogP contribution >= 0.6 is 0 Å². The van der Waals surface area contributed by atoms with Gasteiger partial charge in [0.25, 0.3) is 0 Å². The molecule has 0 aliphatic heterocycles. The maximum Gasteiger partial charge on any atom is 0.132 e. The summed E-state index contributed by atoms with van der Waals surface area (Å²) in [6.45, 7) is 5.02. The molecule has 0 bridgehead atoms. The Labute approximate surface area is 126 Å². The lowest BCUT2D eigenvalue weighted by molar-refractivity contribution is 0.948. The first-order valence-corrected chi connectivity index (χ1v) is 7.67. The van der Waals surface area contributed by atoms with Crippen molar-refractivity contribution in [2.45, 2.75) is 38.6 Å². The molecule has 1 aliphatic carbocycles. The van der Waals surface area contributed by atoms with E-state index in [0.29, 0.717) is 12.0 Å². The fourth-order valence-corrected chi connectivity index (χ4v) is 2.60. The van der Waals surface area contributed by atoms with Gasteiger partial charge >= 0.3 is 0 Å². The number of anilines is 2. The van der Waals surface area contributed by atoms with Crippen molar-refractivity contribution in [1.82, 2.24) is 9.97 Å². The summed E-state index contributed by atoms with van der Waals surface area (Å²) in [4.78, 5) is 8.90. The average Bonchev–Trinajstić information content (AvgIpc) is 3.24. The van der Waals surface area contributed by atoms with Crippen LogP contribution in [0, 0.1) is 6.92 Å². The third-order valence-corrected chi connectivity index (χ3v) is 3.75. The first-order valence-electron chi connectivity index (χ1n) is 7.67. The van der Waals surface area contributed by atoms with E-state index in [0.717, 1.165) is 30.4 Å². The molecule has 3 rings (SSSR count). The number of rotatable bonds is 6. The minimum absolute atomic E-state index is 0.487. The lowest BCUT2D eigenvalue weighted by Gasteiger charge is -2.09. The lowest BCUT2D eigenvalue weighted by Crippen LogP contribution is -2.09. The SMILES string of the molecule is CCCNc1cc(NC2CC2c2ccccc2)nc(C)n1. The molecule has 0 spiro atoms. The second kappa shape index (κ2) is 6.12. The Bertz CT molecular complexity index is 597. The first-order chi connectivity index (χ1) is 10.3. The molecule has 0 radical (unpaired) electrons. The molecule has 0 saturated heterocycles. The molecule has 1 fully saturated rings. The molecule has 21 heavy (non-hydrogen) atoms. The highest BCUT2D eigenvalue weighted by Crippen LogP contribution is 2.42. The molecule has 4 heteroatoms. The van der Waals surface area contributed by atoms with Crippen molar-refractivity contribution in [3.63, 3.8) is 0 Å². The molecule has 0 amide bonds. The molecule has 1 aromatic carbocycles. The van der Waals surface area contributed by atoms with E-state index in [1.165, 1.54) is 12.0 Å². The normalized spacial score (nSPS) is 20.1. The Hall–Kier alpha value is -2.10. The van der Waals surface area contributed by atoms with Gasteiger partial charge in [-0.2, -0.15) is 0 Å². The molecule has 2 atom stereocenters. The van der Waals surface area contributed by atoms with E-state index < -0.39 is 0 Å². The molecular formula is C17H22N4. The van der Waals surface area contributed by atoms with Crippen LogP contribution in [0.1, 0.15) is 37.1 Å². The molecule has 1 aliphatic rings. The minimum atomic E-state index is 0.487. The quantitative estimate of drug-likeness (QED) is 0.850. The summed E-state index contributed by atoms with van der Waals surface area (Å²) in [6, 6.07) is 13.2. The van der Waals surface area contributed by atoms with Crippen LogP contribution < -0.4 is 10.6 Å². The van der Waals surface area contributed by atoms with E-state index in [1.807, 2.05) is 13.0 Å². The molecule has 2 aromatic rings. The zero-order chi connectivity index (χ0) is 14.7. The highest BCUT2D eigenvalue weighted by molar-refractivity contribution is 5.50. The number of nitrogens with zero attached hydrogens (tertiary/aromatic N) is 2. The van der Waals surface area contributed by atoms with Gasteiger partial charge in [-0.25, -0.2) is 9.97 Å². The summed E-state index contributed by atoms with van der Waals surface area (Å²) in [6.07, 6.45) is 2.26. The van der Waals surface area contributed by atoms with Gasteiger partial charge < -0.3 is 10.6 Å². The van der Waals surface area contributed by atoms with Gasteiger partial charge in [-0.15, -0.1) is 0 Å². The largest absolute Gasteiger partial charge is 0.370 e. The summed E-state index contributed by atoms with van der Waals surface area (Å²) in [5.74, 6) is 3.23. The molecule has 1 heterocycles. The minimum Gasteiger partial charge on any atom is -0.370 e. The topological polar surface area (TPSA) is 49.8 Å². The van der Waals surface area contributed by atoms with Crippen LogP contribution in [-0.4, -0.2) is 22.6 Å². The van der Waals surface area contributed by atoms with Gasteiger partial charge in [0.2, 0.25) is 0 Å². The van der Waals surface area contributed by atoms with E-state index in [2.05, 4.69) is 57.9 Å². The van der Waals surface area contributed by atoms with Crippen LogP contribution in [0.5, 0.6) is 0 Å². The van der Waals surface area contributed by atoms with Crippen LogP contribution in [0.4, 0.5) is 11.6 Å². The number of aromatic nitrogens is 2. The fraction of sp³-hybridized carbons (Fsp3) is 0.412. The van der Waals surface area contributed by atoms with Crippen LogP contribution in [0.15, 0.2) is 36.4 Å². The van der Waals surface area contributed by atoms with Gasteiger partial charge in [0.05, 0.1) is 0 Å². The third-order valence-electron chi connectivity index (χ3n) is 3.75. The van der Waals surface area contributed by atoms with Crippen molar-refractivity contribution in [3.05, 3.63) is 47.8 Å². The van der Waals surface area contributed by atoms with Gasteiger partial charge in [-0.05, 0) is 25.3 Å². The first kappa shape index (κ1) is 13.9. The van der Waals surface area contributed by atoms with Crippen LogP contribution in [0.25, 0.3) is 0 Å². The molecule has 1 aromatic heterocycles. The lowest BCUT2D eigenvalue weighted by atomic mass is 10.1. The highest BCUT2D eigenvalue weighted by Gasteiger charge is 2.38. The van der Waals surface area contributed by atoms with E-state index in [-0.39, 0.29) is 0 Å². The van der Waals surface area contributed by atoms with E-state index in [9.17, 15) is 0 Å². The number of nitrogens with one attached hydrogen (secondary N) is 2. The van der Waals surface area contributed by atoms with Gasteiger partial charge in [-0.3, -0.25) is 0 Å². The van der Waals surface area contributed by atoms with Crippen LogP contribution in [-0.2, 0) is 0 Å². The van der Waals surface area contributed by atoms with Crippen molar-refractivity contribution in [2.24, 2.45) is 0 Å². The van der Waals surface area contributed by atoms with Crippen molar-refractivity contribution >= 4 is 11.6 Å². The maximum absolute atomic E-state index is 4.49. The predicted octanol–water partition coefficient (Wildman–Crippen LogP) is 3.57. The second-order valence-electron chi connectivity index (χ2n) is 5.62. The second-order valence-corrected chi connectivity index (χ2v) is 5.62. The van der Waals surface area contributed by atoms with Gasteiger partial charge in [-0.1, -0.05) is 37.3 Å². The Morgan fingerprint density at radius 2 is 1.90 bits per heavy atom. The van der Waals surface area contributed by atoms with Crippen LogP contribution in [0.2, 0.25) is 0 Å². The van der Waals surface area contributed by atoms with Gasteiger partial charge in [0.1, 0.15) is 17.5 Å². The zero-order valence-electron chi connectivity index (χ0n) is 12.6. The Morgan fingerprint density at radius 1 is 1.14 bits per heavy atom. The fourth-order valence-electron chi connectivity index (χ4n) is 2.60. The average molecular weight is 282 g/mol. The van der Waals surface area contributed by atoms with E-state index in [4.69, 9.17) is 0 Å². The summed E-state index contributed by atoms with van der Waals surface area (Å²) in [7, 11) is 0. The highest BCUT2D eigenvalue weighted by atomic mass is 15.1. The van der Waals surface area contributed by atoms with Crippen molar-refractivity contribution < 1.29 is 0 Å². The van der Waals surface area contributed by atoms with E-state index >= 15 is 0 Å². The number of hydrogen-bond donors (Lipinski definition) is 2.